The summed E-state index contributed by atoms with van der Waals surface area (Å²) in [6, 6.07) is 0. The van der Waals surface area contributed by atoms with Gasteiger partial charge in [0, 0.05) is 6.54 Å². The van der Waals surface area contributed by atoms with Crippen molar-refractivity contribution < 1.29 is 0 Å². The van der Waals surface area contributed by atoms with Crippen LogP contribution in [0.4, 0.5) is 0 Å². The van der Waals surface area contributed by atoms with Gasteiger partial charge in [0.15, 0.2) is 0 Å². The fourth-order valence-corrected chi connectivity index (χ4v) is 2.10. The summed E-state index contributed by atoms with van der Waals surface area (Å²) in [4.78, 5) is 2.62. The highest BCUT2D eigenvalue weighted by molar-refractivity contribution is 4.63. The minimum Gasteiger partial charge on any atom is -0.320 e. The average Bonchev–Trinajstić information content (AvgIpc) is 2.33. The summed E-state index contributed by atoms with van der Waals surface area (Å²) in [6.45, 7) is 11.9. The van der Waals surface area contributed by atoms with Crippen LogP contribution in [0, 0.1) is 5.92 Å². The topological polar surface area (TPSA) is 15.3 Å². The molecule has 0 amide bonds. The molecule has 0 aliphatic heterocycles. The predicted molar refractivity (Wildman–Crippen MR) is 74.0 cm³/mol. The molecule has 0 saturated carbocycles. The largest absolute Gasteiger partial charge is 0.320 e. The van der Waals surface area contributed by atoms with Gasteiger partial charge in [-0.3, -0.25) is 0 Å². The lowest BCUT2D eigenvalue weighted by atomic mass is 10.0. The lowest BCUT2D eigenvalue weighted by molar-refractivity contribution is 0.229. The number of hydrogen-bond donors (Lipinski definition) is 1. The van der Waals surface area contributed by atoms with Crippen molar-refractivity contribution in [3.05, 3.63) is 0 Å². The van der Waals surface area contributed by atoms with E-state index in [0.29, 0.717) is 0 Å². The number of nitrogens with one attached hydrogen (secondary N) is 1. The first kappa shape index (κ1) is 15.9. The van der Waals surface area contributed by atoms with Gasteiger partial charge >= 0.3 is 0 Å². The van der Waals surface area contributed by atoms with Crippen LogP contribution in [0.1, 0.15) is 52.9 Å². The molecule has 0 rings (SSSR count). The molecule has 0 spiro atoms. The van der Waals surface area contributed by atoms with Crippen LogP contribution in [0.5, 0.6) is 0 Å². The van der Waals surface area contributed by atoms with Gasteiger partial charge in [-0.2, -0.15) is 0 Å². The van der Waals surface area contributed by atoms with Crippen LogP contribution in [-0.4, -0.2) is 38.1 Å². The van der Waals surface area contributed by atoms with Crippen molar-refractivity contribution in [3.63, 3.8) is 0 Å². The van der Waals surface area contributed by atoms with Crippen molar-refractivity contribution in [3.8, 4) is 0 Å². The first-order valence-electron chi connectivity index (χ1n) is 7.15. The molecular formula is C14H32N2. The highest BCUT2D eigenvalue weighted by atomic mass is 15.1. The third-order valence-electron chi connectivity index (χ3n) is 3.52. The van der Waals surface area contributed by atoms with Crippen molar-refractivity contribution in [2.24, 2.45) is 5.92 Å². The SMILES string of the molecule is CCC(CC)CN(CC)CCCCCNC. The molecule has 0 aromatic rings. The van der Waals surface area contributed by atoms with E-state index in [-0.39, 0.29) is 0 Å². The zero-order valence-electron chi connectivity index (χ0n) is 11.9. The first-order chi connectivity index (χ1) is 7.78. The van der Waals surface area contributed by atoms with Crippen molar-refractivity contribution in [2.45, 2.75) is 52.9 Å². The lowest BCUT2D eigenvalue weighted by Gasteiger charge is -2.25. The van der Waals surface area contributed by atoms with Gasteiger partial charge in [0.1, 0.15) is 0 Å². The maximum Gasteiger partial charge on any atom is 0.000934 e. The van der Waals surface area contributed by atoms with E-state index >= 15 is 0 Å². The van der Waals surface area contributed by atoms with Crippen molar-refractivity contribution in [2.75, 3.05) is 33.2 Å². The molecule has 0 fully saturated rings. The van der Waals surface area contributed by atoms with Crippen LogP contribution < -0.4 is 5.32 Å². The van der Waals surface area contributed by atoms with E-state index in [9.17, 15) is 0 Å². The molecule has 0 aromatic heterocycles. The Balaban J connectivity index is 3.57. The minimum absolute atomic E-state index is 0.900. The van der Waals surface area contributed by atoms with Crippen LogP contribution in [-0.2, 0) is 0 Å². The second-order valence-electron chi connectivity index (χ2n) is 4.74. The van der Waals surface area contributed by atoms with Gasteiger partial charge in [-0.25, -0.2) is 0 Å². The zero-order chi connectivity index (χ0) is 12.2. The molecule has 0 atom stereocenters. The van der Waals surface area contributed by atoms with Crippen LogP contribution in [0.2, 0.25) is 0 Å². The van der Waals surface area contributed by atoms with Gasteiger partial charge in [-0.15, -0.1) is 0 Å². The molecule has 1 N–H and O–H groups in total. The van der Waals surface area contributed by atoms with E-state index in [1.54, 1.807) is 0 Å². The van der Waals surface area contributed by atoms with E-state index in [2.05, 4.69) is 31.0 Å². The van der Waals surface area contributed by atoms with Crippen LogP contribution in [0.3, 0.4) is 0 Å². The highest BCUT2D eigenvalue weighted by Gasteiger charge is 2.08. The number of rotatable bonds is 11. The quantitative estimate of drug-likeness (QED) is 0.547. The Kier molecular flexibility index (Phi) is 11.3. The Bertz CT molecular complexity index is 133. The summed E-state index contributed by atoms with van der Waals surface area (Å²) in [5.41, 5.74) is 0. The Hall–Kier alpha value is -0.0800. The molecule has 0 saturated heterocycles. The number of unbranched alkanes of at least 4 members (excludes halogenated alkanes) is 2. The van der Waals surface area contributed by atoms with Gasteiger partial charge in [-0.05, 0) is 45.4 Å². The van der Waals surface area contributed by atoms with E-state index in [1.165, 1.54) is 58.3 Å². The van der Waals surface area contributed by atoms with Gasteiger partial charge in [0.2, 0.25) is 0 Å². The summed E-state index contributed by atoms with van der Waals surface area (Å²) in [5.74, 6) is 0.900. The Labute approximate surface area is 103 Å². The second-order valence-corrected chi connectivity index (χ2v) is 4.74. The smallest absolute Gasteiger partial charge is 0.000934 e. The molecule has 0 bridgehead atoms. The third kappa shape index (κ3) is 8.12. The van der Waals surface area contributed by atoms with Gasteiger partial charge in [-0.1, -0.05) is 40.0 Å². The first-order valence-corrected chi connectivity index (χ1v) is 7.15. The van der Waals surface area contributed by atoms with Crippen LogP contribution in [0.15, 0.2) is 0 Å². The fraction of sp³-hybridized carbons (Fsp3) is 1.00. The van der Waals surface area contributed by atoms with E-state index in [4.69, 9.17) is 0 Å². The third-order valence-corrected chi connectivity index (χ3v) is 3.52. The Morgan fingerprint density at radius 3 is 2.19 bits per heavy atom. The molecular weight excluding hydrogens is 196 g/mol. The van der Waals surface area contributed by atoms with Crippen LogP contribution in [0.25, 0.3) is 0 Å². The maximum atomic E-state index is 3.21. The average molecular weight is 228 g/mol. The fourth-order valence-electron chi connectivity index (χ4n) is 2.10. The maximum absolute atomic E-state index is 3.21. The summed E-state index contributed by atoms with van der Waals surface area (Å²) >= 11 is 0. The van der Waals surface area contributed by atoms with E-state index < -0.39 is 0 Å². The minimum atomic E-state index is 0.900. The zero-order valence-corrected chi connectivity index (χ0v) is 11.9. The molecule has 0 aliphatic carbocycles. The van der Waals surface area contributed by atoms with Gasteiger partial charge < -0.3 is 10.2 Å². The summed E-state index contributed by atoms with van der Waals surface area (Å²) in [6.07, 6.45) is 6.69. The van der Waals surface area contributed by atoms with Gasteiger partial charge in [0.25, 0.3) is 0 Å². The Morgan fingerprint density at radius 1 is 1.00 bits per heavy atom. The second kappa shape index (κ2) is 11.4. The van der Waals surface area contributed by atoms with Gasteiger partial charge in [0.05, 0.1) is 0 Å². The number of nitrogens with zero attached hydrogens (tertiary/aromatic N) is 1. The monoisotopic (exact) mass is 228 g/mol. The summed E-state index contributed by atoms with van der Waals surface area (Å²) in [7, 11) is 2.03. The van der Waals surface area contributed by atoms with E-state index in [1.807, 2.05) is 7.05 Å². The van der Waals surface area contributed by atoms with Crippen molar-refractivity contribution in [1.82, 2.24) is 10.2 Å². The molecule has 0 heterocycles. The molecule has 2 nitrogen and oxygen atoms in total. The normalized spacial score (nSPS) is 11.6. The molecule has 0 aliphatic rings. The summed E-state index contributed by atoms with van der Waals surface area (Å²) < 4.78 is 0. The van der Waals surface area contributed by atoms with Crippen LogP contribution >= 0.6 is 0 Å². The molecule has 2 heteroatoms. The molecule has 0 radical (unpaired) electrons. The lowest BCUT2D eigenvalue weighted by Crippen LogP contribution is -2.30. The molecule has 0 aromatic carbocycles. The molecule has 16 heavy (non-hydrogen) atoms. The summed E-state index contributed by atoms with van der Waals surface area (Å²) in [5, 5.41) is 3.21. The Morgan fingerprint density at radius 2 is 1.69 bits per heavy atom. The predicted octanol–water partition coefficient (Wildman–Crippen LogP) is 3.13. The number of hydrogen-bond acceptors (Lipinski definition) is 2. The highest BCUT2D eigenvalue weighted by Crippen LogP contribution is 2.10. The van der Waals surface area contributed by atoms with E-state index in [0.717, 1.165) is 5.92 Å². The van der Waals surface area contributed by atoms with Crippen molar-refractivity contribution >= 4 is 0 Å². The standard InChI is InChI=1S/C14H32N2/c1-5-14(6-2)13-16(7-3)12-10-8-9-11-15-4/h14-15H,5-13H2,1-4H3. The molecule has 98 valence electrons. The van der Waals surface area contributed by atoms with Crippen molar-refractivity contribution in [1.29, 1.82) is 0 Å². The molecule has 0 unspecified atom stereocenters.